The normalized spacial score (nSPS) is 12.2. The van der Waals surface area contributed by atoms with Crippen molar-refractivity contribution in [3.05, 3.63) is 35.5 Å². The predicted octanol–water partition coefficient (Wildman–Crippen LogP) is 2.92. The molecule has 0 aliphatic heterocycles. The molecule has 4 N–H and O–H groups in total. The van der Waals surface area contributed by atoms with Crippen molar-refractivity contribution < 1.29 is 4.21 Å². The summed E-state index contributed by atoms with van der Waals surface area (Å²) in [7, 11) is -1.10. The van der Waals surface area contributed by atoms with E-state index < -0.39 is 10.8 Å². The SMILES string of the molecule is CC(C)CS(=O)c1ccccc1Nc1nc(NN)ncc1Cl. The smallest absolute Gasteiger partial charge is 0.239 e. The van der Waals surface area contributed by atoms with Crippen molar-refractivity contribution in [3.63, 3.8) is 0 Å². The molecule has 0 saturated heterocycles. The number of nitrogens with one attached hydrogen (secondary N) is 2. The lowest BCUT2D eigenvalue weighted by atomic mass is 10.3. The van der Waals surface area contributed by atoms with E-state index in [4.69, 9.17) is 17.4 Å². The molecule has 1 aromatic carbocycles. The van der Waals surface area contributed by atoms with Crippen molar-refractivity contribution in [1.29, 1.82) is 0 Å². The number of para-hydroxylation sites is 1. The second kappa shape index (κ2) is 7.53. The van der Waals surface area contributed by atoms with Crippen molar-refractivity contribution in [1.82, 2.24) is 9.97 Å². The minimum absolute atomic E-state index is 0.243. The molecule has 8 heteroatoms. The third-order valence-corrected chi connectivity index (χ3v) is 4.84. The largest absolute Gasteiger partial charge is 0.338 e. The summed E-state index contributed by atoms with van der Waals surface area (Å²) in [4.78, 5) is 8.79. The van der Waals surface area contributed by atoms with Gasteiger partial charge in [-0.25, -0.2) is 10.8 Å². The van der Waals surface area contributed by atoms with Crippen LogP contribution in [-0.2, 0) is 10.8 Å². The zero-order chi connectivity index (χ0) is 16.1. The molecule has 1 unspecified atom stereocenters. The zero-order valence-corrected chi connectivity index (χ0v) is 13.9. The van der Waals surface area contributed by atoms with Crippen molar-refractivity contribution in [2.45, 2.75) is 18.7 Å². The highest BCUT2D eigenvalue weighted by Crippen LogP contribution is 2.27. The van der Waals surface area contributed by atoms with E-state index in [1.807, 2.05) is 38.1 Å². The summed E-state index contributed by atoms with van der Waals surface area (Å²) < 4.78 is 12.4. The summed E-state index contributed by atoms with van der Waals surface area (Å²) >= 11 is 6.09. The summed E-state index contributed by atoms with van der Waals surface area (Å²) in [6.45, 7) is 4.07. The summed E-state index contributed by atoms with van der Waals surface area (Å²) in [5.74, 6) is 6.87. The summed E-state index contributed by atoms with van der Waals surface area (Å²) in [6, 6.07) is 7.38. The Morgan fingerprint density at radius 2 is 2.09 bits per heavy atom. The predicted molar refractivity (Wildman–Crippen MR) is 90.7 cm³/mol. The fourth-order valence-electron chi connectivity index (χ4n) is 1.81. The number of hydrogen-bond donors (Lipinski definition) is 3. The lowest BCUT2D eigenvalue weighted by Gasteiger charge is -2.13. The van der Waals surface area contributed by atoms with E-state index >= 15 is 0 Å². The number of nitrogen functional groups attached to an aromatic ring is 1. The molecule has 1 atom stereocenters. The second-order valence-electron chi connectivity index (χ2n) is 5.06. The Hall–Kier alpha value is -1.70. The van der Waals surface area contributed by atoms with Crippen molar-refractivity contribution in [2.75, 3.05) is 16.5 Å². The maximum absolute atomic E-state index is 12.4. The average molecular weight is 340 g/mol. The van der Waals surface area contributed by atoms with Crippen LogP contribution in [0.15, 0.2) is 35.4 Å². The molecular formula is C14H18ClN5OS. The van der Waals surface area contributed by atoms with Crippen LogP contribution >= 0.6 is 11.6 Å². The van der Waals surface area contributed by atoms with Crippen molar-refractivity contribution >= 4 is 39.9 Å². The summed E-state index contributed by atoms with van der Waals surface area (Å²) in [5.41, 5.74) is 3.06. The highest BCUT2D eigenvalue weighted by atomic mass is 35.5. The number of rotatable bonds is 6. The number of halogens is 1. The molecular weight excluding hydrogens is 322 g/mol. The fourth-order valence-corrected chi connectivity index (χ4v) is 3.33. The average Bonchev–Trinajstić information content (AvgIpc) is 2.49. The van der Waals surface area contributed by atoms with Crippen LogP contribution in [0.3, 0.4) is 0 Å². The monoisotopic (exact) mass is 339 g/mol. The number of hydrazine groups is 1. The molecule has 0 saturated carbocycles. The van der Waals surface area contributed by atoms with Crippen LogP contribution in [0.5, 0.6) is 0 Å². The topological polar surface area (TPSA) is 92.9 Å². The number of nitrogens with zero attached hydrogens (tertiary/aromatic N) is 2. The first-order valence-corrected chi connectivity index (χ1v) is 8.44. The van der Waals surface area contributed by atoms with Gasteiger partial charge in [0.15, 0.2) is 5.82 Å². The molecule has 6 nitrogen and oxygen atoms in total. The molecule has 0 radical (unpaired) electrons. The Bertz CT molecular complexity index is 680. The van der Waals surface area contributed by atoms with Crippen LogP contribution in [0.1, 0.15) is 13.8 Å². The van der Waals surface area contributed by atoms with Crippen LogP contribution in [-0.4, -0.2) is 19.9 Å². The summed E-state index contributed by atoms with van der Waals surface area (Å²) in [6.07, 6.45) is 1.44. The Morgan fingerprint density at radius 3 is 2.77 bits per heavy atom. The van der Waals surface area contributed by atoms with Gasteiger partial charge in [0.25, 0.3) is 0 Å². The van der Waals surface area contributed by atoms with Crippen LogP contribution in [0.4, 0.5) is 17.5 Å². The van der Waals surface area contributed by atoms with E-state index in [0.29, 0.717) is 33.1 Å². The maximum atomic E-state index is 12.4. The molecule has 0 aliphatic carbocycles. The Kier molecular flexibility index (Phi) is 5.70. The molecule has 0 fully saturated rings. The zero-order valence-electron chi connectivity index (χ0n) is 12.3. The number of benzene rings is 1. The van der Waals surface area contributed by atoms with E-state index in [-0.39, 0.29) is 5.95 Å². The Morgan fingerprint density at radius 1 is 1.36 bits per heavy atom. The first kappa shape index (κ1) is 16.7. The van der Waals surface area contributed by atoms with Gasteiger partial charge in [0.2, 0.25) is 5.95 Å². The van der Waals surface area contributed by atoms with Gasteiger partial charge in [-0.05, 0) is 18.1 Å². The van der Waals surface area contributed by atoms with Gasteiger partial charge in [-0.3, -0.25) is 9.63 Å². The molecule has 1 aromatic heterocycles. The van der Waals surface area contributed by atoms with Crippen molar-refractivity contribution in [2.24, 2.45) is 11.8 Å². The molecule has 2 rings (SSSR count). The molecule has 1 heterocycles. The molecule has 2 aromatic rings. The third kappa shape index (κ3) is 4.16. The van der Waals surface area contributed by atoms with Gasteiger partial charge in [-0.1, -0.05) is 37.6 Å². The lowest BCUT2D eigenvalue weighted by Crippen LogP contribution is -2.12. The van der Waals surface area contributed by atoms with Crippen LogP contribution in [0, 0.1) is 5.92 Å². The van der Waals surface area contributed by atoms with Gasteiger partial charge in [-0.15, -0.1) is 0 Å². The van der Waals surface area contributed by atoms with E-state index in [1.54, 1.807) is 0 Å². The van der Waals surface area contributed by atoms with E-state index in [2.05, 4.69) is 20.7 Å². The third-order valence-electron chi connectivity index (χ3n) is 2.74. The second-order valence-corrected chi connectivity index (χ2v) is 6.93. The van der Waals surface area contributed by atoms with E-state index in [0.717, 1.165) is 0 Å². The maximum Gasteiger partial charge on any atom is 0.239 e. The highest BCUT2D eigenvalue weighted by Gasteiger charge is 2.13. The molecule has 0 spiro atoms. The lowest BCUT2D eigenvalue weighted by molar-refractivity contribution is 0.665. The molecule has 0 amide bonds. The van der Waals surface area contributed by atoms with Crippen LogP contribution in [0.25, 0.3) is 0 Å². The van der Waals surface area contributed by atoms with Gasteiger partial charge < -0.3 is 5.32 Å². The molecule has 118 valence electrons. The highest BCUT2D eigenvalue weighted by molar-refractivity contribution is 7.85. The quantitative estimate of drug-likeness (QED) is 0.553. The minimum atomic E-state index is -1.10. The van der Waals surface area contributed by atoms with Gasteiger partial charge in [0.05, 0.1) is 27.6 Å². The summed E-state index contributed by atoms with van der Waals surface area (Å²) in [5, 5.41) is 3.45. The van der Waals surface area contributed by atoms with Crippen LogP contribution in [0.2, 0.25) is 5.02 Å². The standard InChI is InChI=1S/C14H18ClN5OS/c1-9(2)8-22(21)12-6-4-3-5-11(12)18-13-10(15)7-17-14(19-13)20-16/h3-7,9H,8,16H2,1-2H3,(H2,17,18,19,20). The van der Waals surface area contributed by atoms with Crippen molar-refractivity contribution in [3.8, 4) is 0 Å². The number of nitrogens with two attached hydrogens (primary N) is 1. The first-order chi connectivity index (χ1) is 10.5. The van der Waals surface area contributed by atoms with Gasteiger partial charge in [0.1, 0.15) is 5.02 Å². The Labute approximate surface area is 136 Å². The first-order valence-electron chi connectivity index (χ1n) is 6.75. The molecule has 22 heavy (non-hydrogen) atoms. The minimum Gasteiger partial charge on any atom is -0.338 e. The Balaban J connectivity index is 2.32. The van der Waals surface area contributed by atoms with Crippen LogP contribution < -0.4 is 16.6 Å². The fraction of sp³-hybridized carbons (Fsp3) is 0.286. The number of hydrogen-bond acceptors (Lipinski definition) is 6. The molecule has 0 aliphatic rings. The van der Waals surface area contributed by atoms with E-state index in [9.17, 15) is 4.21 Å². The molecule has 0 bridgehead atoms. The van der Waals surface area contributed by atoms with Gasteiger partial charge >= 0.3 is 0 Å². The van der Waals surface area contributed by atoms with Gasteiger partial charge in [0, 0.05) is 5.75 Å². The van der Waals surface area contributed by atoms with E-state index in [1.165, 1.54) is 6.20 Å². The van der Waals surface area contributed by atoms with Gasteiger partial charge in [-0.2, -0.15) is 4.98 Å². The number of anilines is 3. The number of aromatic nitrogens is 2.